The van der Waals surface area contributed by atoms with Gasteiger partial charge >= 0.3 is 11.3 Å². The van der Waals surface area contributed by atoms with Gasteiger partial charge in [0.1, 0.15) is 0 Å². The van der Waals surface area contributed by atoms with E-state index in [1.807, 2.05) is 6.92 Å². The fourth-order valence-electron chi connectivity index (χ4n) is 0. The average Bonchev–Trinajstić information content (AvgIpc) is 1.46. The van der Waals surface area contributed by atoms with Gasteiger partial charge in [0, 0.05) is 32.7 Å². The molecule has 0 saturated heterocycles. The molecule has 0 bridgehead atoms. The molecule has 2 nitrogen and oxygen atoms in total. The van der Waals surface area contributed by atoms with Crippen molar-refractivity contribution in [3.63, 3.8) is 0 Å². The van der Waals surface area contributed by atoms with E-state index in [4.69, 9.17) is 4.65 Å². The van der Waals surface area contributed by atoms with Crippen molar-refractivity contribution < 1.29 is 37.4 Å². The molecule has 0 amide bonds. The molecule has 0 atom stereocenters. The van der Waals surface area contributed by atoms with Gasteiger partial charge in [0.05, 0.1) is 0 Å². The summed E-state index contributed by atoms with van der Waals surface area (Å²) in [5.41, 5.74) is 0. The molecule has 0 aromatic heterocycles. The molecule has 0 saturated carbocycles. The van der Waals surface area contributed by atoms with Gasteiger partial charge in [-0.2, -0.15) is 6.42 Å². The topological polar surface area (TPSA) is 54.9 Å². The SMILES string of the molecule is N.[C-]#[O+].[CH2-]CC.[CH3-].[Y]. The van der Waals surface area contributed by atoms with Crippen molar-refractivity contribution in [3.8, 4) is 0 Å². The molecule has 0 rings (SSSR count). The van der Waals surface area contributed by atoms with Gasteiger partial charge in [-0.05, 0) is 0 Å². The van der Waals surface area contributed by atoms with E-state index in [9.17, 15) is 0 Å². The molecule has 1 radical (unpaired) electrons. The number of hydrogen-bond donors (Lipinski definition) is 1. The van der Waals surface area contributed by atoms with Crippen LogP contribution in [0.25, 0.3) is 0 Å². The summed E-state index contributed by atoms with van der Waals surface area (Å²) >= 11 is 0. The first-order valence-corrected chi connectivity index (χ1v) is 1.41. The van der Waals surface area contributed by atoms with Gasteiger partial charge in [-0.15, -0.1) is 0 Å². The van der Waals surface area contributed by atoms with Crippen LogP contribution in [0, 0.1) is 21.0 Å². The quantitative estimate of drug-likeness (QED) is 0.461. The van der Waals surface area contributed by atoms with Gasteiger partial charge < -0.3 is 20.5 Å². The van der Waals surface area contributed by atoms with Crippen LogP contribution >= 0.6 is 0 Å². The summed E-state index contributed by atoms with van der Waals surface area (Å²) in [5, 5.41) is 0. The van der Waals surface area contributed by atoms with Crippen LogP contribution in [0.15, 0.2) is 0 Å². The fourth-order valence-corrected chi connectivity index (χ4v) is 0. The van der Waals surface area contributed by atoms with Crippen molar-refractivity contribution in [2.45, 2.75) is 13.3 Å². The van der Waals surface area contributed by atoms with Gasteiger partial charge in [0.25, 0.3) is 0 Å². The third-order valence-electron chi connectivity index (χ3n) is 0. The van der Waals surface area contributed by atoms with Crippen LogP contribution in [0.5, 0.6) is 0 Å². The minimum absolute atomic E-state index is 0. The van der Waals surface area contributed by atoms with Crippen molar-refractivity contribution in [3.05, 3.63) is 21.0 Å². The second kappa shape index (κ2) is 111. The van der Waals surface area contributed by atoms with Crippen molar-refractivity contribution >= 4 is 0 Å². The van der Waals surface area contributed by atoms with Crippen LogP contribution in [-0.2, 0) is 37.4 Å². The molecule has 0 unspecified atom stereocenters. The summed E-state index contributed by atoms with van der Waals surface area (Å²) in [5.74, 6) is 0. The molecule has 3 N–H and O–H groups in total. The molecule has 0 aliphatic rings. The molecule has 0 aliphatic carbocycles. The first-order chi connectivity index (χ1) is 2.41. The van der Waals surface area contributed by atoms with Crippen molar-refractivity contribution in [1.82, 2.24) is 6.15 Å². The normalized spacial score (nSPS) is 2.50. The second-order valence-corrected chi connectivity index (χ2v) is 0.500. The second-order valence-electron chi connectivity index (χ2n) is 0.500. The maximum atomic E-state index is 7.50. The van der Waals surface area contributed by atoms with E-state index in [1.165, 1.54) is 0 Å². The summed E-state index contributed by atoms with van der Waals surface area (Å²) < 4.78 is 7.50. The Hall–Kier alpha value is 0.804. The maximum absolute atomic E-state index is 7.50. The van der Waals surface area contributed by atoms with Crippen LogP contribution in [0.3, 0.4) is 0 Å². The standard InChI is InChI=1S/C3H7.CO.CH3.H3N.Y/c1-3-2;1-2;;;/h1,3H2,2H3;;2*1H3;/q-1;;-1;;. The Morgan fingerprint density at radius 1 is 1.50 bits per heavy atom. The van der Waals surface area contributed by atoms with Crippen LogP contribution in [-0.4, -0.2) is 0 Å². The fraction of sp³-hybridized carbons (Fsp3) is 0.400. The molecule has 0 fully saturated rings. The van der Waals surface area contributed by atoms with E-state index in [0.717, 1.165) is 6.42 Å². The largest absolute Gasteiger partial charge is 0.358 e. The zero-order valence-electron chi connectivity index (χ0n) is 5.61. The van der Waals surface area contributed by atoms with Gasteiger partial charge in [0.2, 0.25) is 0 Å². The number of hydrogen-bond acceptors (Lipinski definition) is 1. The van der Waals surface area contributed by atoms with Crippen LogP contribution in [0.1, 0.15) is 13.3 Å². The van der Waals surface area contributed by atoms with Crippen molar-refractivity contribution in [1.29, 1.82) is 0 Å². The molecule has 0 heterocycles. The molecule has 8 heavy (non-hydrogen) atoms. The van der Waals surface area contributed by atoms with Crippen molar-refractivity contribution in [2.75, 3.05) is 0 Å². The molecule has 3 heteroatoms. The van der Waals surface area contributed by atoms with E-state index < -0.39 is 0 Å². The zero-order valence-corrected chi connectivity index (χ0v) is 8.45. The Labute approximate surface area is 77.6 Å². The van der Waals surface area contributed by atoms with E-state index in [2.05, 4.69) is 13.6 Å². The molecule has 0 aliphatic heterocycles. The summed E-state index contributed by atoms with van der Waals surface area (Å²) in [6.45, 7) is 10.0. The molecule has 49 valence electrons. The predicted octanol–water partition coefficient (Wildman–Crippen LogP) is 1.80. The minimum atomic E-state index is 0. The zero-order chi connectivity index (χ0) is 4.71. The van der Waals surface area contributed by atoms with Crippen LogP contribution in [0.2, 0.25) is 0 Å². The summed E-state index contributed by atoms with van der Waals surface area (Å²) in [6.07, 6.45) is 1.00. The minimum Gasteiger partial charge on any atom is -0.358 e. The Bertz CT molecular complexity index is 23.6. The summed E-state index contributed by atoms with van der Waals surface area (Å²) in [7, 11) is 0. The summed E-state index contributed by atoms with van der Waals surface area (Å²) in [6, 6.07) is 0. The molecule has 0 aromatic rings. The molecular formula is C5H13NOY-2. The van der Waals surface area contributed by atoms with Gasteiger partial charge in [-0.3, -0.25) is 0 Å². The van der Waals surface area contributed by atoms with Gasteiger partial charge in [-0.25, -0.2) is 0 Å². The first-order valence-electron chi connectivity index (χ1n) is 1.41. The number of rotatable bonds is 0. The first kappa shape index (κ1) is 37.1. The Morgan fingerprint density at radius 2 is 1.50 bits per heavy atom. The van der Waals surface area contributed by atoms with Crippen molar-refractivity contribution in [2.24, 2.45) is 0 Å². The van der Waals surface area contributed by atoms with Crippen LogP contribution < -0.4 is 6.15 Å². The Kier molecular flexibility index (Phi) is 514. The van der Waals surface area contributed by atoms with Gasteiger partial charge in [-0.1, -0.05) is 6.92 Å². The van der Waals surface area contributed by atoms with E-state index in [1.54, 1.807) is 0 Å². The monoisotopic (exact) mass is 192 g/mol. The molecular weight excluding hydrogens is 179 g/mol. The molecule has 0 spiro atoms. The Morgan fingerprint density at radius 3 is 1.50 bits per heavy atom. The third-order valence-corrected chi connectivity index (χ3v) is 0. The molecule has 0 aromatic carbocycles. The van der Waals surface area contributed by atoms with E-state index in [0.29, 0.717) is 0 Å². The van der Waals surface area contributed by atoms with Crippen LogP contribution in [0.4, 0.5) is 0 Å². The third kappa shape index (κ3) is 355. The van der Waals surface area contributed by atoms with E-state index >= 15 is 0 Å². The smallest absolute Gasteiger partial charge is 0 e. The Balaban J connectivity index is -0.00000000567. The van der Waals surface area contributed by atoms with Gasteiger partial charge in [0.15, 0.2) is 0 Å². The average molecular weight is 192 g/mol. The maximum Gasteiger partial charge on any atom is 0 e. The summed E-state index contributed by atoms with van der Waals surface area (Å²) in [4.78, 5) is 0. The predicted molar refractivity (Wildman–Crippen MR) is 31.0 cm³/mol. The van der Waals surface area contributed by atoms with E-state index in [-0.39, 0.29) is 46.3 Å².